The van der Waals surface area contributed by atoms with E-state index in [-0.39, 0.29) is 0 Å². The summed E-state index contributed by atoms with van der Waals surface area (Å²) in [5.74, 6) is 0.747. The predicted molar refractivity (Wildman–Crippen MR) is 58.5 cm³/mol. The van der Waals surface area contributed by atoms with E-state index < -0.39 is 0 Å². The minimum atomic E-state index is 0.307. The second-order valence-electron chi connectivity index (χ2n) is 5.28. The van der Waals surface area contributed by atoms with Gasteiger partial charge in [-0.05, 0) is 38.5 Å². The maximum Gasteiger partial charge on any atom is 0.227 e. The van der Waals surface area contributed by atoms with E-state index >= 15 is 0 Å². The van der Waals surface area contributed by atoms with E-state index in [1.807, 2.05) is 0 Å². The van der Waals surface area contributed by atoms with Gasteiger partial charge in [0.2, 0.25) is 5.91 Å². The van der Waals surface area contributed by atoms with Crippen LogP contribution in [0.5, 0.6) is 0 Å². The lowest BCUT2D eigenvalue weighted by molar-refractivity contribution is -0.137. The van der Waals surface area contributed by atoms with Gasteiger partial charge in [-0.1, -0.05) is 0 Å². The molecule has 3 unspecified atom stereocenters. The van der Waals surface area contributed by atoms with Gasteiger partial charge in [-0.3, -0.25) is 4.79 Å². The Hall–Kier alpha value is -0.570. The number of hydrogen-bond donors (Lipinski definition) is 1. The summed E-state index contributed by atoms with van der Waals surface area (Å²) in [6.45, 7) is 2.01. The molecule has 0 aromatic rings. The molecule has 2 bridgehead atoms. The molecule has 3 heteroatoms. The number of rotatable bonds is 1. The molecule has 0 spiro atoms. The minimum absolute atomic E-state index is 0.307. The second-order valence-corrected chi connectivity index (χ2v) is 5.28. The van der Waals surface area contributed by atoms with Gasteiger partial charge in [0.15, 0.2) is 0 Å². The monoisotopic (exact) mass is 208 g/mol. The predicted octanol–water partition coefficient (Wildman–Crippen LogP) is 1.14. The van der Waals surface area contributed by atoms with Gasteiger partial charge in [-0.15, -0.1) is 0 Å². The molecule has 84 valence electrons. The summed E-state index contributed by atoms with van der Waals surface area (Å²) in [7, 11) is 0. The van der Waals surface area contributed by atoms with Gasteiger partial charge in [-0.2, -0.15) is 0 Å². The van der Waals surface area contributed by atoms with E-state index in [4.69, 9.17) is 0 Å². The Labute approximate surface area is 91.2 Å². The largest absolute Gasteiger partial charge is 0.342 e. The zero-order valence-corrected chi connectivity index (χ0v) is 9.24. The van der Waals surface area contributed by atoms with Crippen LogP contribution in [0.2, 0.25) is 0 Å². The minimum Gasteiger partial charge on any atom is -0.342 e. The first-order valence-corrected chi connectivity index (χ1v) is 6.39. The van der Waals surface area contributed by atoms with Crippen LogP contribution in [0.1, 0.15) is 38.5 Å². The summed E-state index contributed by atoms with van der Waals surface area (Å²) in [5.41, 5.74) is 0. The number of fused-ring (bicyclic) bond motifs is 2. The van der Waals surface area contributed by atoms with Crippen LogP contribution in [-0.4, -0.2) is 36.0 Å². The van der Waals surface area contributed by atoms with Gasteiger partial charge >= 0.3 is 0 Å². The number of hydrogen-bond acceptors (Lipinski definition) is 2. The van der Waals surface area contributed by atoms with Crippen molar-refractivity contribution in [2.24, 2.45) is 5.92 Å². The zero-order chi connectivity index (χ0) is 10.3. The van der Waals surface area contributed by atoms with Crippen LogP contribution in [0.15, 0.2) is 0 Å². The highest BCUT2D eigenvalue weighted by molar-refractivity contribution is 5.80. The SMILES string of the molecule is O=C(C1CC2CCC1N2)N1CCCCC1. The lowest BCUT2D eigenvalue weighted by Crippen LogP contribution is -2.43. The van der Waals surface area contributed by atoms with Crippen molar-refractivity contribution in [3.05, 3.63) is 0 Å². The highest BCUT2D eigenvalue weighted by Crippen LogP contribution is 2.34. The van der Waals surface area contributed by atoms with E-state index in [0.717, 1.165) is 19.5 Å². The fraction of sp³-hybridized carbons (Fsp3) is 0.917. The molecule has 3 fully saturated rings. The molecule has 1 N–H and O–H groups in total. The number of nitrogens with zero attached hydrogens (tertiary/aromatic N) is 1. The summed E-state index contributed by atoms with van der Waals surface area (Å²) in [6, 6.07) is 1.15. The van der Waals surface area contributed by atoms with Gasteiger partial charge < -0.3 is 10.2 Å². The van der Waals surface area contributed by atoms with E-state index in [0.29, 0.717) is 23.9 Å². The van der Waals surface area contributed by atoms with Crippen molar-refractivity contribution in [2.45, 2.75) is 50.6 Å². The van der Waals surface area contributed by atoms with Crippen molar-refractivity contribution in [1.82, 2.24) is 10.2 Å². The normalized spacial score (nSPS) is 39.7. The maximum atomic E-state index is 12.3. The Bertz CT molecular complexity index is 260. The molecule has 3 aliphatic rings. The Kier molecular flexibility index (Phi) is 2.43. The quantitative estimate of drug-likeness (QED) is 0.701. The van der Waals surface area contributed by atoms with E-state index in [2.05, 4.69) is 10.2 Å². The summed E-state index contributed by atoms with van der Waals surface area (Å²) < 4.78 is 0. The molecule has 0 aromatic heterocycles. The molecular formula is C12H20N2O. The first kappa shape index (κ1) is 9.64. The summed E-state index contributed by atoms with van der Waals surface area (Å²) >= 11 is 0. The first-order valence-electron chi connectivity index (χ1n) is 6.39. The third-order valence-corrected chi connectivity index (χ3v) is 4.28. The fourth-order valence-corrected chi connectivity index (χ4v) is 3.45. The number of amides is 1. The average Bonchev–Trinajstić information content (AvgIpc) is 2.91. The Balaban J connectivity index is 1.64. The third-order valence-electron chi connectivity index (χ3n) is 4.28. The molecule has 1 amide bonds. The van der Waals surface area contributed by atoms with Crippen LogP contribution in [0.4, 0.5) is 0 Å². The van der Waals surface area contributed by atoms with Gasteiger partial charge in [0.1, 0.15) is 0 Å². The van der Waals surface area contributed by atoms with Crippen LogP contribution < -0.4 is 5.32 Å². The van der Waals surface area contributed by atoms with Gasteiger partial charge in [0, 0.05) is 25.2 Å². The smallest absolute Gasteiger partial charge is 0.227 e. The van der Waals surface area contributed by atoms with Crippen molar-refractivity contribution in [1.29, 1.82) is 0 Å². The Morgan fingerprint density at radius 2 is 1.93 bits per heavy atom. The van der Waals surface area contributed by atoms with Crippen molar-refractivity contribution in [3.63, 3.8) is 0 Å². The number of carbonyl (C=O) groups excluding carboxylic acids is 1. The van der Waals surface area contributed by atoms with Gasteiger partial charge in [0.25, 0.3) is 0 Å². The van der Waals surface area contributed by atoms with Crippen LogP contribution in [0.3, 0.4) is 0 Å². The van der Waals surface area contributed by atoms with Crippen molar-refractivity contribution >= 4 is 5.91 Å². The van der Waals surface area contributed by atoms with Crippen LogP contribution >= 0.6 is 0 Å². The lowest BCUT2D eigenvalue weighted by atomic mass is 9.88. The molecule has 3 atom stereocenters. The zero-order valence-electron chi connectivity index (χ0n) is 9.24. The number of likely N-dealkylation sites (tertiary alicyclic amines) is 1. The standard InChI is InChI=1S/C12H20N2O/c15-12(14-6-2-1-3-7-14)10-8-9-4-5-11(10)13-9/h9-11,13H,1-8H2. The highest BCUT2D eigenvalue weighted by Gasteiger charge is 2.44. The van der Waals surface area contributed by atoms with E-state index in [9.17, 15) is 4.79 Å². The molecule has 3 saturated heterocycles. The Morgan fingerprint density at radius 3 is 2.53 bits per heavy atom. The van der Waals surface area contributed by atoms with E-state index in [1.54, 1.807) is 0 Å². The number of carbonyl (C=O) groups is 1. The molecule has 3 heterocycles. The van der Waals surface area contributed by atoms with Gasteiger partial charge in [0.05, 0.1) is 5.92 Å². The number of nitrogens with one attached hydrogen (secondary N) is 1. The molecule has 0 radical (unpaired) electrons. The molecule has 3 rings (SSSR count). The summed E-state index contributed by atoms with van der Waals surface area (Å²) in [4.78, 5) is 14.4. The van der Waals surface area contributed by atoms with Gasteiger partial charge in [-0.25, -0.2) is 0 Å². The topological polar surface area (TPSA) is 32.3 Å². The summed E-state index contributed by atoms with van der Waals surface area (Å²) in [5, 5.41) is 3.55. The van der Waals surface area contributed by atoms with Crippen molar-refractivity contribution in [3.8, 4) is 0 Å². The number of piperidine rings is 1. The second kappa shape index (κ2) is 3.78. The first-order chi connectivity index (χ1) is 7.34. The van der Waals surface area contributed by atoms with Crippen LogP contribution in [0, 0.1) is 5.92 Å². The Morgan fingerprint density at radius 1 is 1.13 bits per heavy atom. The molecule has 0 aromatic carbocycles. The summed E-state index contributed by atoms with van der Waals surface area (Å²) in [6.07, 6.45) is 7.32. The van der Waals surface area contributed by atoms with Crippen molar-refractivity contribution in [2.75, 3.05) is 13.1 Å². The average molecular weight is 208 g/mol. The maximum absolute atomic E-state index is 12.3. The molecule has 3 aliphatic heterocycles. The highest BCUT2D eigenvalue weighted by atomic mass is 16.2. The molecule has 3 nitrogen and oxygen atoms in total. The van der Waals surface area contributed by atoms with E-state index in [1.165, 1.54) is 32.1 Å². The molecule has 0 aliphatic carbocycles. The van der Waals surface area contributed by atoms with Crippen LogP contribution in [0.25, 0.3) is 0 Å². The molecule has 0 saturated carbocycles. The lowest BCUT2D eigenvalue weighted by Gasteiger charge is -2.31. The molecule has 15 heavy (non-hydrogen) atoms. The third kappa shape index (κ3) is 1.67. The van der Waals surface area contributed by atoms with Crippen LogP contribution in [-0.2, 0) is 4.79 Å². The fourth-order valence-electron chi connectivity index (χ4n) is 3.45. The van der Waals surface area contributed by atoms with Crippen molar-refractivity contribution < 1.29 is 4.79 Å². The molecular weight excluding hydrogens is 188 g/mol.